The summed E-state index contributed by atoms with van der Waals surface area (Å²) in [5.74, 6) is 0.602. The minimum absolute atomic E-state index is 0.0230. The van der Waals surface area contributed by atoms with E-state index >= 15 is 0 Å². The lowest BCUT2D eigenvalue weighted by Gasteiger charge is -2.15. The first-order valence-electron chi connectivity index (χ1n) is 4.07. The summed E-state index contributed by atoms with van der Waals surface area (Å²) < 4.78 is 0. The van der Waals surface area contributed by atoms with Gasteiger partial charge in [-0.25, -0.2) is 4.98 Å². The van der Waals surface area contributed by atoms with Crippen molar-refractivity contribution in [2.75, 3.05) is 25.1 Å². The molecule has 1 heterocycles. The van der Waals surface area contributed by atoms with Gasteiger partial charge in [-0.05, 0) is 6.07 Å². The molecule has 0 amide bonds. The Labute approximate surface area is 81.0 Å². The minimum Gasteiger partial charge on any atom is -0.395 e. The summed E-state index contributed by atoms with van der Waals surface area (Å²) in [6.07, 6.45) is 1.20. The molecule has 0 fully saturated rings. The number of anilines is 1. The molecule has 6 nitrogen and oxygen atoms in total. The molecule has 0 saturated heterocycles. The van der Waals surface area contributed by atoms with Gasteiger partial charge in [0.1, 0.15) is 12.0 Å². The van der Waals surface area contributed by atoms with Crippen LogP contribution in [0.4, 0.5) is 11.5 Å². The number of nitrogens with zero attached hydrogens (tertiary/aromatic N) is 3. The van der Waals surface area contributed by atoms with E-state index in [1.807, 2.05) is 0 Å². The zero-order chi connectivity index (χ0) is 10.6. The van der Waals surface area contributed by atoms with E-state index in [1.54, 1.807) is 18.0 Å². The Morgan fingerprint density at radius 3 is 2.79 bits per heavy atom. The first kappa shape index (κ1) is 10.4. The van der Waals surface area contributed by atoms with Crippen LogP contribution >= 0.6 is 0 Å². The summed E-state index contributed by atoms with van der Waals surface area (Å²) in [6, 6.07) is 2.93. The standard InChI is InChI=1S/C8H11N3O3/c1-10(4-5-12)8-3-2-7(6-9-8)11(13)14/h2-3,6,12H,4-5H2,1H3. The largest absolute Gasteiger partial charge is 0.395 e. The molecule has 1 aromatic heterocycles. The Hall–Kier alpha value is -1.69. The fourth-order valence-electron chi connectivity index (χ4n) is 0.977. The van der Waals surface area contributed by atoms with Crippen LogP contribution in [0.1, 0.15) is 0 Å². The maximum atomic E-state index is 10.3. The maximum Gasteiger partial charge on any atom is 0.287 e. The van der Waals surface area contributed by atoms with E-state index in [-0.39, 0.29) is 12.3 Å². The highest BCUT2D eigenvalue weighted by Crippen LogP contribution is 2.13. The molecule has 0 spiro atoms. The number of pyridine rings is 1. The van der Waals surface area contributed by atoms with E-state index in [0.717, 1.165) is 0 Å². The fraction of sp³-hybridized carbons (Fsp3) is 0.375. The summed E-state index contributed by atoms with van der Waals surface area (Å²) in [6.45, 7) is 0.472. The third-order valence-corrected chi connectivity index (χ3v) is 1.77. The van der Waals surface area contributed by atoms with Crippen molar-refractivity contribution in [3.8, 4) is 0 Å². The average molecular weight is 197 g/mol. The SMILES string of the molecule is CN(CCO)c1ccc([N+](=O)[O-])cn1. The van der Waals surface area contributed by atoms with Gasteiger partial charge in [-0.2, -0.15) is 0 Å². The molecule has 0 aliphatic heterocycles. The summed E-state index contributed by atoms with van der Waals surface area (Å²) in [5.41, 5.74) is -0.0360. The second-order valence-corrected chi connectivity index (χ2v) is 2.78. The lowest BCUT2D eigenvalue weighted by molar-refractivity contribution is -0.385. The Bertz CT molecular complexity index is 312. The van der Waals surface area contributed by atoms with Crippen LogP contribution in [0.15, 0.2) is 18.3 Å². The van der Waals surface area contributed by atoms with E-state index < -0.39 is 4.92 Å². The smallest absolute Gasteiger partial charge is 0.287 e. The molecular formula is C8H11N3O3. The molecule has 0 saturated carbocycles. The maximum absolute atomic E-state index is 10.3. The lowest BCUT2D eigenvalue weighted by atomic mass is 10.4. The second kappa shape index (κ2) is 4.52. The van der Waals surface area contributed by atoms with E-state index in [4.69, 9.17) is 5.11 Å². The van der Waals surface area contributed by atoms with Gasteiger partial charge in [0.15, 0.2) is 0 Å². The first-order valence-corrected chi connectivity index (χ1v) is 4.07. The van der Waals surface area contributed by atoms with Gasteiger partial charge in [0.05, 0.1) is 11.5 Å². The van der Waals surface area contributed by atoms with Crippen LogP contribution in [-0.4, -0.2) is 35.2 Å². The van der Waals surface area contributed by atoms with Crippen molar-refractivity contribution in [3.05, 3.63) is 28.4 Å². The zero-order valence-electron chi connectivity index (χ0n) is 7.75. The topological polar surface area (TPSA) is 79.5 Å². The molecule has 0 radical (unpaired) electrons. The number of aliphatic hydroxyl groups excluding tert-OH is 1. The van der Waals surface area contributed by atoms with E-state index in [2.05, 4.69) is 4.98 Å². The molecule has 0 atom stereocenters. The molecule has 0 unspecified atom stereocenters. The molecule has 0 aliphatic carbocycles. The molecular weight excluding hydrogens is 186 g/mol. The van der Waals surface area contributed by atoms with Crippen molar-refractivity contribution >= 4 is 11.5 Å². The molecule has 6 heteroatoms. The van der Waals surface area contributed by atoms with Crippen LogP contribution in [-0.2, 0) is 0 Å². The number of hydrogen-bond donors (Lipinski definition) is 1. The predicted octanol–water partition coefficient (Wildman–Crippen LogP) is 0.418. The van der Waals surface area contributed by atoms with Crippen LogP contribution in [0.5, 0.6) is 0 Å². The van der Waals surface area contributed by atoms with Crippen molar-refractivity contribution in [2.24, 2.45) is 0 Å². The van der Waals surface area contributed by atoms with E-state index in [9.17, 15) is 10.1 Å². The Morgan fingerprint density at radius 1 is 1.64 bits per heavy atom. The lowest BCUT2D eigenvalue weighted by Crippen LogP contribution is -2.21. The highest BCUT2D eigenvalue weighted by molar-refractivity contribution is 5.41. The average Bonchev–Trinajstić information content (AvgIpc) is 2.18. The first-order chi connectivity index (χ1) is 6.65. The number of hydrogen-bond acceptors (Lipinski definition) is 5. The molecule has 1 aromatic rings. The summed E-state index contributed by atoms with van der Waals surface area (Å²) >= 11 is 0. The van der Waals surface area contributed by atoms with Crippen LogP contribution in [0, 0.1) is 10.1 Å². The Morgan fingerprint density at radius 2 is 2.36 bits per heavy atom. The van der Waals surface area contributed by atoms with Crippen LogP contribution in [0.3, 0.4) is 0 Å². The van der Waals surface area contributed by atoms with Crippen molar-refractivity contribution in [1.29, 1.82) is 0 Å². The number of likely N-dealkylation sites (N-methyl/N-ethyl adjacent to an activating group) is 1. The number of aromatic nitrogens is 1. The number of rotatable bonds is 4. The highest BCUT2D eigenvalue weighted by Gasteiger charge is 2.07. The van der Waals surface area contributed by atoms with Crippen LogP contribution < -0.4 is 4.90 Å². The molecule has 0 aliphatic rings. The normalized spacial score (nSPS) is 9.86. The fourth-order valence-corrected chi connectivity index (χ4v) is 0.977. The number of nitro groups is 1. The van der Waals surface area contributed by atoms with Crippen LogP contribution in [0.25, 0.3) is 0 Å². The van der Waals surface area contributed by atoms with Gasteiger partial charge in [-0.15, -0.1) is 0 Å². The Balaban J connectivity index is 2.77. The van der Waals surface area contributed by atoms with Crippen LogP contribution in [0.2, 0.25) is 0 Å². The molecule has 76 valence electrons. The number of aliphatic hydroxyl groups is 1. The molecule has 1 N–H and O–H groups in total. The van der Waals surface area contributed by atoms with Gasteiger partial charge in [-0.3, -0.25) is 10.1 Å². The summed E-state index contributed by atoms with van der Waals surface area (Å²) in [5, 5.41) is 19.0. The van der Waals surface area contributed by atoms with Gasteiger partial charge < -0.3 is 10.0 Å². The van der Waals surface area contributed by atoms with Gasteiger partial charge in [0.25, 0.3) is 5.69 Å². The van der Waals surface area contributed by atoms with Gasteiger partial charge in [-0.1, -0.05) is 0 Å². The molecule has 14 heavy (non-hydrogen) atoms. The van der Waals surface area contributed by atoms with E-state index in [0.29, 0.717) is 12.4 Å². The van der Waals surface area contributed by atoms with Crippen molar-refractivity contribution < 1.29 is 10.0 Å². The van der Waals surface area contributed by atoms with Crippen molar-refractivity contribution in [2.45, 2.75) is 0 Å². The highest BCUT2D eigenvalue weighted by atomic mass is 16.6. The third-order valence-electron chi connectivity index (χ3n) is 1.77. The third kappa shape index (κ3) is 2.40. The zero-order valence-corrected chi connectivity index (χ0v) is 7.75. The molecule has 1 rings (SSSR count). The van der Waals surface area contributed by atoms with Gasteiger partial charge >= 0.3 is 0 Å². The predicted molar refractivity (Wildman–Crippen MR) is 51.2 cm³/mol. The van der Waals surface area contributed by atoms with Gasteiger partial charge in [0, 0.05) is 19.7 Å². The quantitative estimate of drug-likeness (QED) is 0.559. The van der Waals surface area contributed by atoms with Gasteiger partial charge in [0.2, 0.25) is 0 Å². The summed E-state index contributed by atoms with van der Waals surface area (Å²) in [7, 11) is 1.75. The second-order valence-electron chi connectivity index (χ2n) is 2.78. The monoisotopic (exact) mass is 197 g/mol. The summed E-state index contributed by atoms with van der Waals surface area (Å²) in [4.78, 5) is 15.4. The van der Waals surface area contributed by atoms with Crippen molar-refractivity contribution in [1.82, 2.24) is 4.98 Å². The van der Waals surface area contributed by atoms with E-state index in [1.165, 1.54) is 12.3 Å². The molecule has 0 aromatic carbocycles. The Kier molecular flexibility index (Phi) is 3.35. The minimum atomic E-state index is -0.497. The van der Waals surface area contributed by atoms with Crippen molar-refractivity contribution in [3.63, 3.8) is 0 Å². The molecule has 0 bridgehead atoms.